The molecule has 17 heteroatoms. The number of carbonyl (C=O) groups excluding carboxylic acids is 2. The molecule has 1 aliphatic heterocycles. The highest BCUT2D eigenvalue weighted by atomic mass is 19.4. The Hall–Kier alpha value is -4.64. The second kappa shape index (κ2) is 9.28. The zero-order valence-electron chi connectivity index (χ0n) is 19.8. The highest BCUT2D eigenvalue weighted by molar-refractivity contribution is 6.06. The Balaban J connectivity index is 1.37. The molecular weight excluding hydrogens is 532 g/mol. The molecule has 2 unspecified atom stereocenters. The average molecular weight is 550 g/mol. The van der Waals surface area contributed by atoms with Crippen LogP contribution in [-0.4, -0.2) is 66.7 Å². The fraction of sp³-hybridized carbons (Fsp3) is 0.273. The Morgan fingerprint density at radius 3 is 2.79 bits per heavy atom. The van der Waals surface area contributed by atoms with Crippen LogP contribution in [0.1, 0.15) is 12.7 Å². The van der Waals surface area contributed by atoms with Gasteiger partial charge in [-0.1, -0.05) is 5.16 Å². The number of carbonyl (C=O) groups is 2. The van der Waals surface area contributed by atoms with Gasteiger partial charge in [0.05, 0.1) is 24.7 Å². The minimum Gasteiger partial charge on any atom is -0.380 e. The van der Waals surface area contributed by atoms with Crippen molar-refractivity contribution in [3.05, 3.63) is 48.3 Å². The Labute approximate surface area is 215 Å². The molecule has 1 aliphatic rings. The number of anilines is 3. The lowest BCUT2D eigenvalue weighted by Crippen LogP contribution is -2.61. The molecule has 3 aromatic heterocycles. The summed E-state index contributed by atoms with van der Waals surface area (Å²) in [5.41, 5.74) is 3.67. The highest BCUT2D eigenvalue weighted by Gasteiger charge is 2.49. The van der Waals surface area contributed by atoms with Gasteiger partial charge in [0.25, 0.3) is 11.8 Å². The van der Waals surface area contributed by atoms with Gasteiger partial charge in [0, 0.05) is 24.0 Å². The number of aromatic nitrogens is 5. The number of rotatable bonds is 5. The number of ether oxygens (including phenoxy) is 1. The number of nitrogens with zero attached hydrogens (tertiary/aromatic N) is 6. The monoisotopic (exact) mass is 550 g/mol. The zero-order chi connectivity index (χ0) is 28.1. The number of halogens is 4. The molecular formula is C22H18F4N8O5. The molecule has 204 valence electrons. The third kappa shape index (κ3) is 4.72. The number of benzene rings is 1. The van der Waals surface area contributed by atoms with Crippen LogP contribution in [0.2, 0.25) is 0 Å². The van der Waals surface area contributed by atoms with Gasteiger partial charge >= 0.3 is 6.18 Å². The maximum absolute atomic E-state index is 14.8. The first-order valence-corrected chi connectivity index (χ1v) is 11.1. The van der Waals surface area contributed by atoms with E-state index in [1.165, 1.54) is 18.2 Å². The average Bonchev–Trinajstić information content (AvgIpc) is 3.45. The Morgan fingerprint density at radius 1 is 1.28 bits per heavy atom. The summed E-state index contributed by atoms with van der Waals surface area (Å²) < 4.78 is 64.9. The molecule has 1 aromatic carbocycles. The van der Waals surface area contributed by atoms with Gasteiger partial charge in [-0.15, -0.1) is 5.10 Å². The Bertz CT molecular complexity index is 1580. The molecule has 2 atom stereocenters. The molecule has 4 N–H and O–H groups in total. The normalized spacial score (nSPS) is 17.8. The van der Waals surface area contributed by atoms with Crippen molar-refractivity contribution in [1.29, 1.82) is 0 Å². The summed E-state index contributed by atoms with van der Waals surface area (Å²) in [5.74, 6) is -5.40. The van der Waals surface area contributed by atoms with E-state index in [2.05, 4.69) is 25.5 Å². The first kappa shape index (κ1) is 26.0. The number of morpholine rings is 1. The van der Waals surface area contributed by atoms with Gasteiger partial charge in [-0.2, -0.15) is 13.2 Å². The van der Waals surface area contributed by atoms with E-state index < -0.39 is 53.0 Å². The number of hydrogen-bond acceptors (Lipinski definition) is 10. The summed E-state index contributed by atoms with van der Waals surface area (Å²) in [4.78, 5) is 33.5. The van der Waals surface area contributed by atoms with Gasteiger partial charge in [0.1, 0.15) is 0 Å². The maximum Gasteiger partial charge on any atom is 0.451 e. The van der Waals surface area contributed by atoms with Crippen molar-refractivity contribution in [1.82, 2.24) is 24.9 Å². The number of nitrogens with two attached hydrogens (primary N) is 1. The SMILES string of the molecule is CC(O)(C(=O)Nc1ccc2c(N)noc2c1)C1OCCN(c2nn(-c3ccnc(C(F)(F)F)n3)cc2F)C1=O. The fourth-order valence-corrected chi connectivity index (χ4v) is 3.87. The standard InChI is InChI=1S/C22H18F4N8O5/c1-21(37,20(36)29-10-2-3-11-13(8-10)39-32-16(11)27)15-18(35)33(6-7-38-15)17-12(23)9-34(31-17)14-4-5-28-19(30-14)22(24,25)26/h2-5,8-9,15,37H,6-7H2,1H3,(H2,27,32)(H,29,36). The van der Waals surface area contributed by atoms with Crippen LogP contribution in [0.3, 0.4) is 0 Å². The molecule has 0 bridgehead atoms. The van der Waals surface area contributed by atoms with Crippen molar-refractivity contribution < 1.29 is 41.5 Å². The van der Waals surface area contributed by atoms with E-state index >= 15 is 0 Å². The van der Waals surface area contributed by atoms with E-state index in [4.69, 9.17) is 15.0 Å². The Kier molecular flexibility index (Phi) is 6.18. The van der Waals surface area contributed by atoms with E-state index in [0.29, 0.717) is 10.1 Å². The van der Waals surface area contributed by atoms with Gasteiger partial charge in [-0.05, 0) is 19.1 Å². The summed E-state index contributed by atoms with van der Waals surface area (Å²) in [7, 11) is 0. The third-order valence-electron chi connectivity index (χ3n) is 5.85. The minimum atomic E-state index is -4.85. The molecule has 4 aromatic rings. The molecule has 1 fully saturated rings. The molecule has 1 saturated heterocycles. The topological polar surface area (TPSA) is 175 Å². The van der Waals surface area contributed by atoms with Gasteiger partial charge < -0.3 is 25.4 Å². The fourth-order valence-electron chi connectivity index (χ4n) is 3.87. The lowest BCUT2D eigenvalue weighted by atomic mass is 9.95. The number of aliphatic hydroxyl groups is 1. The molecule has 2 amide bonds. The number of hydrogen-bond donors (Lipinski definition) is 3. The Morgan fingerprint density at radius 2 is 2.05 bits per heavy atom. The second-order valence-corrected chi connectivity index (χ2v) is 8.60. The highest BCUT2D eigenvalue weighted by Crippen LogP contribution is 2.29. The van der Waals surface area contributed by atoms with Crippen LogP contribution in [0.5, 0.6) is 0 Å². The molecule has 0 aliphatic carbocycles. The molecule has 13 nitrogen and oxygen atoms in total. The predicted octanol–water partition coefficient (Wildman–Crippen LogP) is 1.67. The second-order valence-electron chi connectivity index (χ2n) is 8.60. The van der Waals surface area contributed by atoms with Gasteiger partial charge in [0.2, 0.25) is 5.82 Å². The van der Waals surface area contributed by atoms with Gasteiger partial charge in [0.15, 0.2) is 40.6 Å². The molecule has 39 heavy (non-hydrogen) atoms. The minimum absolute atomic E-state index is 0.145. The summed E-state index contributed by atoms with van der Waals surface area (Å²) in [5, 5.41) is 21.4. The lowest BCUT2D eigenvalue weighted by Gasteiger charge is -2.37. The quantitative estimate of drug-likeness (QED) is 0.310. The van der Waals surface area contributed by atoms with E-state index in [1.807, 2.05) is 0 Å². The van der Waals surface area contributed by atoms with Crippen molar-refractivity contribution in [2.24, 2.45) is 0 Å². The van der Waals surface area contributed by atoms with Crippen molar-refractivity contribution in [3.8, 4) is 5.82 Å². The van der Waals surface area contributed by atoms with E-state index in [0.717, 1.165) is 30.3 Å². The molecule has 4 heterocycles. The molecule has 0 spiro atoms. The van der Waals surface area contributed by atoms with Crippen molar-refractivity contribution >= 4 is 40.1 Å². The summed E-state index contributed by atoms with van der Waals surface area (Å²) in [6.45, 7) is 0.594. The van der Waals surface area contributed by atoms with E-state index in [9.17, 15) is 32.3 Å². The molecule has 0 radical (unpaired) electrons. The van der Waals surface area contributed by atoms with Crippen molar-refractivity contribution in [3.63, 3.8) is 0 Å². The summed E-state index contributed by atoms with van der Waals surface area (Å²) in [6, 6.07) is 5.47. The molecule has 5 rings (SSSR count). The molecule has 0 saturated carbocycles. The smallest absolute Gasteiger partial charge is 0.380 e. The van der Waals surface area contributed by atoms with E-state index in [-0.39, 0.29) is 30.2 Å². The number of amides is 2. The van der Waals surface area contributed by atoms with Crippen LogP contribution >= 0.6 is 0 Å². The lowest BCUT2D eigenvalue weighted by molar-refractivity contribution is -0.165. The van der Waals surface area contributed by atoms with Crippen LogP contribution in [0.4, 0.5) is 34.9 Å². The first-order chi connectivity index (χ1) is 18.4. The van der Waals surface area contributed by atoms with Crippen LogP contribution in [0, 0.1) is 5.82 Å². The summed E-state index contributed by atoms with van der Waals surface area (Å²) >= 11 is 0. The maximum atomic E-state index is 14.8. The zero-order valence-corrected chi connectivity index (χ0v) is 19.8. The van der Waals surface area contributed by atoms with Crippen molar-refractivity contribution in [2.45, 2.75) is 24.8 Å². The number of fused-ring (bicyclic) bond motifs is 1. The van der Waals surface area contributed by atoms with Crippen LogP contribution in [-0.2, 0) is 20.5 Å². The number of nitrogens with one attached hydrogen (secondary N) is 1. The number of alkyl halides is 3. The third-order valence-corrected chi connectivity index (χ3v) is 5.85. The predicted molar refractivity (Wildman–Crippen MR) is 124 cm³/mol. The van der Waals surface area contributed by atoms with Gasteiger partial charge in [-0.3, -0.25) is 14.5 Å². The van der Waals surface area contributed by atoms with Crippen molar-refractivity contribution in [2.75, 3.05) is 29.1 Å². The first-order valence-electron chi connectivity index (χ1n) is 11.1. The van der Waals surface area contributed by atoms with Crippen LogP contribution < -0.4 is 16.0 Å². The summed E-state index contributed by atoms with van der Waals surface area (Å²) in [6.07, 6.45) is -5.08. The van der Waals surface area contributed by atoms with E-state index in [1.54, 1.807) is 0 Å². The number of nitrogen functional groups attached to an aromatic ring is 1. The van der Waals surface area contributed by atoms with Gasteiger partial charge in [-0.25, -0.2) is 19.0 Å². The van der Waals surface area contributed by atoms with Crippen LogP contribution in [0.25, 0.3) is 16.8 Å². The van der Waals surface area contributed by atoms with Crippen LogP contribution in [0.15, 0.2) is 41.2 Å². The largest absolute Gasteiger partial charge is 0.451 e.